The number of aryl methyl sites for hydroxylation is 1. The molecule has 21 heavy (non-hydrogen) atoms. The molecule has 1 aromatic carbocycles. The zero-order valence-electron chi connectivity index (χ0n) is 12.6. The van der Waals surface area contributed by atoms with Crippen LogP contribution >= 0.6 is 11.6 Å². The van der Waals surface area contributed by atoms with E-state index in [1.807, 2.05) is 28.9 Å². The fourth-order valence-electron chi connectivity index (χ4n) is 2.46. The van der Waals surface area contributed by atoms with Crippen molar-refractivity contribution >= 4 is 11.6 Å². The number of nitrogens with two attached hydrogens (primary N) is 1. The van der Waals surface area contributed by atoms with Gasteiger partial charge >= 0.3 is 0 Å². The Hall–Kier alpha value is -1.39. The van der Waals surface area contributed by atoms with Crippen LogP contribution in [0.4, 0.5) is 0 Å². The van der Waals surface area contributed by atoms with E-state index >= 15 is 0 Å². The van der Waals surface area contributed by atoms with Gasteiger partial charge in [-0.2, -0.15) is 0 Å². The van der Waals surface area contributed by atoms with Gasteiger partial charge in [0.05, 0.1) is 5.69 Å². The van der Waals surface area contributed by atoms with E-state index < -0.39 is 0 Å². The Bertz CT molecular complexity index is 565. The van der Waals surface area contributed by atoms with Crippen LogP contribution in [0.5, 0.6) is 0 Å². The summed E-state index contributed by atoms with van der Waals surface area (Å²) >= 11 is 6.09. The Morgan fingerprint density at radius 1 is 1.19 bits per heavy atom. The highest BCUT2D eigenvalue weighted by Gasteiger charge is 2.13. The van der Waals surface area contributed by atoms with E-state index in [0.29, 0.717) is 11.6 Å². The van der Waals surface area contributed by atoms with Crippen molar-refractivity contribution in [2.24, 2.45) is 5.73 Å². The highest BCUT2D eigenvalue weighted by Crippen LogP contribution is 2.25. The largest absolute Gasteiger partial charge is 0.325 e. The van der Waals surface area contributed by atoms with Gasteiger partial charge in [-0.3, -0.25) is 0 Å². The lowest BCUT2D eigenvalue weighted by Gasteiger charge is -2.08. The van der Waals surface area contributed by atoms with Gasteiger partial charge in [-0.1, -0.05) is 61.6 Å². The Kier molecular flexibility index (Phi) is 6.21. The highest BCUT2D eigenvalue weighted by molar-refractivity contribution is 6.30. The number of nitrogens with zero attached hydrogens (tertiary/aromatic N) is 3. The van der Waals surface area contributed by atoms with Crippen LogP contribution in [0.15, 0.2) is 24.3 Å². The van der Waals surface area contributed by atoms with E-state index in [4.69, 9.17) is 17.3 Å². The SMILES string of the molecule is CCCCCCCn1nnc(CN)c1-c1cccc(Cl)c1. The van der Waals surface area contributed by atoms with Crippen LogP contribution < -0.4 is 5.73 Å². The second kappa shape index (κ2) is 8.15. The van der Waals surface area contributed by atoms with Gasteiger partial charge < -0.3 is 5.73 Å². The number of hydrogen-bond donors (Lipinski definition) is 1. The van der Waals surface area contributed by atoms with Gasteiger partial charge in [0.15, 0.2) is 0 Å². The maximum atomic E-state index is 6.09. The summed E-state index contributed by atoms with van der Waals surface area (Å²) in [5, 5.41) is 9.17. The van der Waals surface area contributed by atoms with Crippen LogP contribution in [0, 0.1) is 0 Å². The summed E-state index contributed by atoms with van der Waals surface area (Å²) in [5.74, 6) is 0. The molecular formula is C16H23ClN4. The van der Waals surface area contributed by atoms with Crippen molar-refractivity contribution < 1.29 is 0 Å². The van der Waals surface area contributed by atoms with Crippen molar-refractivity contribution in [1.82, 2.24) is 15.0 Å². The molecule has 1 heterocycles. The molecule has 5 heteroatoms. The molecule has 0 atom stereocenters. The van der Waals surface area contributed by atoms with Gasteiger partial charge in [-0.25, -0.2) is 4.68 Å². The second-order valence-electron chi connectivity index (χ2n) is 5.24. The molecule has 114 valence electrons. The minimum Gasteiger partial charge on any atom is -0.325 e. The lowest BCUT2D eigenvalue weighted by Crippen LogP contribution is -2.05. The first-order valence-electron chi connectivity index (χ1n) is 7.64. The summed E-state index contributed by atoms with van der Waals surface area (Å²) in [4.78, 5) is 0. The van der Waals surface area contributed by atoms with E-state index in [1.54, 1.807) is 0 Å². The number of unbranched alkanes of at least 4 members (excludes halogenated alkanes) is 4. The topological polar surface area (TPSA) is 56.7 Å². The van der Waals surface area contributed by atoms with Crippen LogP contribution in [0.25, 0.3) is 11.3 Å². The van der Waals surface area contributed by atoms with E-state index in [1.165, 1.54) is 25.7 Å². The smallest absolute Gasteiger partial charge is 0.104 e. The Morgan fingerprint density at radius 3 is 2.71 bits per heavy atom. The molecule has 4 nitrogen and oxygen atoms in total. The van der Waals surface area contributed by atoms with Gasteiger partial charge in [0, 0.05) is 23.7 Å². The molecule has 0 aliphatic carbocycles. The van der Waals surface area contributed by atoms with Crippen molar-refractivity contribution in [2.45, 2.75) is 52.1 Å². The molecule has 0 bridgehead atoms. The van der Waals surface area contributed by atoms with Gasteiger partial charge in [0.1, 0.15) is 5.69 Å². The summed E-state index contributed by atoms with van der Waals surface area (Å²) in [6.07, 6.45) is 6.17. The molecule has 0 aliphatic heterocycles. The molecule has 1 aromatic heterocycles. The fraction of sp³-hybridized carbons (Fsp3) is 0.500. The molecule has 2 aromatic rings. The van der Waals surface area contributed by atoms with Crippen molar-refractivity contribution in [2.75, 3.05) is 0 Å². The predicted octanol–water partition coefficient (Wildman–Crippen LogP) is 4.03. The van der Waals surface area contributed by atoms with Crippen LogP contribution in [-0.2, 0) is 13.1 Å². The van der Waals surface area contributed by atoms with E-state index in [0.717, 1.165) is 29.9 Å². The number of hydrogen-bond acceptors (Lipinski definition) is 3. The normalized spacial score (nSPS) is 11.0. The molecule has 2 rings (SSSR count). The van der Waals surface area contributed by atoms with Crippen LogP contribution in [0.3, 0.4) is 0 Å². The maximum absolute atomic E-state index is 6.09. The van der Waals surface area contributed by atoms with Gasteiger partial charge in [0.2, 0.25) is 0 Å². The first-order chi connectivity index (χ1) is 10.3. The van der Waals surface area contributed by atoms with E-state index in [9.17, 15) is 0 Å². The summed E-state index contributed by atoms with van der Waals surface area (Å²) < 4.78 is 1.96. The number of aromatic nitrogens is 3. The molecule has 0 saturated heterocycles. The molecule has 0 amide bonds. The molecule has 0 aliphatic rings. The van der Waals surface area contributed by atoms with Crippen LogP contribution in [0.1, 0.15) is 44.7 Å². The maximum Gasteiger partial charge on any atom is 0.104 e. The summed E-state index contributed by atoms with van der Waals surface area (Å²) in [5.41, 5.74) is 8.63. The van der Waals surface area contributed by atoms with E-state index in [2.05, 4.69) is 17.2 Å². The first kappa shape index (κ1) is 16.0. The second-order valence-corrected chi connectivity index (χ2v) is 5.67. The average Bonchev–Trinajstić information content (AvgIpc) is 2.90. The van der Waals surface area contributed by atoms with Crippen LogP contribution in [0.2, 0.25) is 5.02 Å². The molecule has 0 saturated carbocycles. The molecular weight excluding hydrogens is 284 g/mol. The quantitative estimate of drug-likeness (QED) is 0.749. The van der Waals surface area contributed by atoms with Gasteiger partial charge in [-0.05, 0) is 18.6 Å². The van der Waals surface area contributed by atoms with Crippen molar-refractivity contribution in [3.63, 3.8) is 0 Å². The first-order valence-corrected chi connectivity index (χ1v) is 8.02. The molecule has 0 spiro atoms. The third-order valence-electron chi connectivity index (χ3n) is 3.57. The monoisotopic (exact) mass is 306 g/mol. The number of rotatable bonds is 8. The van der Waals surface area contributed by atoms with E-state index in [-0.39, 0.29) is 0 Å². The predicted molar refractivity (Wildman–Crippen MR) is 87.1 cm³/mol. The zero-order valence-corrected chi connectivity index (χ0v) is 13.3. The number of benzene rings is 1. The number of halogens is 1. The lowest BCUT2D eigenvalue weighted by molar-refractivity contribution is 0.524. The molecule has 0 radical (unpaired) electrons. The molecule has 2 N–H and O–H groups in total. The summed E-state index contributed by atoms with van der Waals surface area (Å²) in [7, 11) is 0. The minimum atomic E-state index is 0.387. The van der Waals surface area contributed by atoms with Crippen molar-refractivity contribution in [1.29, 1.82) is 0 Å². The highest BCUT2D eigenvalue weighted by atomic mass is 35.5. The van der Waals surface area contributed by atoms with Crippen molar-refractivity contribution in [3.8, 4) is 11.3 Å². The Labute approximate surface area is 131 Å². The Morgan fingerprint density at radius 2 is 2.00 bits per heavy atom. The third-order valence-corrected chi connectivity index (χ3v) is 3.80. The van der Waals surface area contributed by atoms with Crippen molar-refractivity contribution in [3.05, 3.63) is 35.0 Å². The van der Waals surface area contributed by atoms with Gasteiger partial charge in [0.25, 0.3) is 0 Å². The average molecular weight is 307 g/mol. The summed E-state index contributed by atoms with van der Waals surface area (Å²) in [6.45, 7) is 3.48. The molecule has 0 unspecified atom stereocenters. The fourth-order valence-corrected chi connectivity index (χ4v) is 2.65. The Balaban J connectivity index is 2.13. The molecule has 0 fully saturated rings. The zero-order chi connectivity index (χ0) is 15.1. The minimum absolute atomic E-state index is 0.387. The summed E-state index contributed by atoms with van der Waals surface area (Å²) in [6, 6.07) is 7.77. The van der Waals surface area contributed by atoms with Gasteiger partial charge in [-0.15, -0.1) is 5.10 Å². The van der Waals surface area contributed by atoms with Crippen LogP contribution in [-0.4, -0.2) is 15.0 Å². The lowest BCUT2D eigenvalue weighted by atomic mass is 10.1. The standard InChI is InChI=1S/C16H23ClN4/c1-2-3-4-5-6-10-21-16(15(12-18)19-20-21)13-8-7-9-14(17)11-13/h7-9,11H,2-6,10,12,18H2,1H3. The third kappa shape index (κ3) is 4.29.